The van der Waals surface area contributed by atoms with Crippen LogP contribution >= 0.6 is 0 Å². The Balaban J connectivity index is 2.70. The predicted octanol–water partition coefficient (Wildman–Crippen LogP) is -3.09. The van der Waals surface area contributed by atoms with Gasteiger partial charge in [-0.1, -0.05) is 0 Å². The van der Waals surface area contributed by atoms with Gasteiger partial charge in [0, 0.05) is 12.3 Å². The molecule has 1 aliphatic rings. The maximum atomic E-state index is 10.6. The standard InChI is InChI=1S/C8H15NO6/c9-5(11)1-3-6(12)7(13)4(2-10)15-8(3)14/h3-4,6-8,10,12-14H,1-2H2,(H2,9,11). The van der Waals surface area contributed by atoms with Gasteiger partial charge >= 0.3 is 0 Å². The zero-order valence-corrected chi connectivity index (χ0v) is 7.98. The van der Waals surface area contributed by atoms with Crippen molar-refractivity contribution in [1.29, 1.82) is 0 Å². The van der Waals surface area contributed by atoms with Gasteiger partial charge in [-0.2, -0.15) is 0 Å². The molecule has 6 N–H and O–H groups in total. The molecular formula is C8H15NO6. The Bertz CT molecular complexity index is 235. The van der Waals surface area contributed by atoms with Gasteiger partial charge in [0.1, 0.15) is 12.2 Å². The molecule has 15 heavy (non-hydrogen) atoms. The van der Waals surface area contributed by atoms with Crippen LogP contribution in [0.1, 0.15) is 6.42 Å². The first-order chi connectivity index (χ1) is 6.97. The van der Waals surface area contributed by atoms with Crippen molar-refractivity contribution in [3.8, 4) is 0 Å². The largest absolute Gasteiger partial charge is 0.394 e. The number of carbonyl (C=O) groups excluding carboxylic acids is 1. The number of rotatable bonds is 3. The number of hydrogen-bond acceptors (Lipinski definition) is 6. The Hall–Kier alpha value is -0.730. The summed E-state index contributed by atoms with van der Waals surface area (Å²) in [4.78, 5) is 10.6. The lowest BCUT2D eigenvalue weighted by molar-refractivity contribution is -0.269. The van der Waals surface area contributed by atoms with E-state index in [0.717, 1.165) is 0 Å². The van der Waals surface area contributed by atoms with Crippen LogP contribution in [-0.2, 0) is 9.53 Å². The molecule has 0 aromatic rings. The molecule has 0 spiro atoms. The molecule has 1 saturated heterocycles. The molecule has 0 radical (unpaired) electrons. The minimum Gasteiger partial charge on any atom is -0.394 e. The van der Waals surface area contributed by atoms with Crippen molar-refractivity contribution in [2.75, 3.05) is 6.61 Å². The Morgan fingerprint density at radius 2 is 1.87 bits per heavy atom. The second kappa shape index (κ2) is 4.86. The molecule has 1 heterocycles. The van der Waals surface area contributed by atoms with Crippen molar-refractivity contribution in [2.45, 2.75) is 31.0 Å². The van der Waals surface area contributed by atoms with Gasteiger partial charge in [-0.3, -0.25) is 4.79 Å². The first kappa shape index (κ1) is 12.3. The summed E-state index contributed by atoms with van der Waals surface area (Å²) in [7, 11) is 0. The zero-order chi connectivity index (χ0) is 11.6. The van der Waals surface area contributed by atoms with Crippen LogP contribution in [0.5, 0.6) is 0 Å². The number of hydrogen-bond donors (Lipinski definition) is 5. The summed E-state index contributed by atoms with van der Waals surface area (Å²) in [6.45, 7) is -0.529. The van der Waals surface area contributed by atoms with Gasteiger partial charge in [0.15, 0.2) is 6.29 Å². The average Bonchev–Trinajstić information content (AvgIpc) is 2.18. The van der Waals surface area contributed by atoms with Gasteiger partial charge in [-0.05, 0) is 0 Å². The summed E-state index contributed by atoms with van der Waals surface area (Å²) in [5, 5.41) is 37.2. The van der Waals surface area contributed by atoms with Crippen LogP contribution in [0.2, 0.25) is 0 Å². The molecule has 0 aromatic heterocycles. The van der Waals surface area contributed by atoms with Crippen LogP contribution in [0.15, 0.2) is 0 Å². The van der Waals surface area contributed by atoms with Crippen LogP contribution in [-0.4, -0.2) is 57.5 Å². The zero-order valence-electron chi connectivity index (χ0n) is 7.98. The van der Waals surface area contributed by atoms with E-state index in [-0.39, 0.29) is 6.42 Å². The molecule has 5 unspecified atom stereocenters. The highest BCUT2D eigenvalue weighted by Gasteiger charge is 2.43. The van der Waals surface area contributed by atoms with Crippen molar-refractivity contribution < 1.29 is 30.0 Å². The molecule has 88 valence electrons. The van der Waals surface area contributed by atoms with Crippen molar-refractivity contribution >= 4 is 5.91 Å². The topological polar surface area (TPSA) is 133 Å². The third-order valence-electron chi connectivity index (χ3n) is 2.47. The Morgan fingerprint density at radius 3 is 2.33 bits per heavy atom. The summed E-state index contributed by atoms with van der Waals surface area (Å²) in [6.07, 6.45) is -5.47. The van der Waals surface area contributed by atoms with Crippen LogP contribution in [0, 0.1) is 5.92 Å². The first-order valence-electron chi connectivity index (χ1n) is 4.56. The van der Waals surface area contributed by atoms with Gasteiger partial charge in [-0.25, -0.2) is 0 Å². The van der Waals surface area contributed by atoms with Crippen LogP contribution in [0.25, 0.3) is 0 Å². The molecule has 0 aliphatic carbocycles. The highest BCUT2D eigenvalue weighted by atomic mass is 16.6. The van der Waals surface area contributed by atoms with Crippen molar-refractivity contribution in [3.05, 3.63) is 0 Å². The minimum absolute atomic E-state index is 0.294. The number of aliphatic hydroxyl groups excluding tert-OH is 4. The van der Waals surface area contributed by atoms with E-state index in [9.17, 15) is 20.1 Å². The molecule has 1 fully saturated rings. The van der Waals surface area contributed by atoms with E-state index >= 15 is 0 Å². The molecule has 0 aromatic carbocycles. The number of amides is 1. The lowest BCUT2D eigenvalue weighted by atomic mass is 9.88. The second-order valence-corrected chi connectivity index (χ2v) is 3.56. The van der Waals surface area contributed by atoms with Gasteiger partial charge in [-0.15, -0.1) is 0 Å². The molecule has 1 amide bonds. The summed E-state index contributed by atoms with van der Waals surface area (Å²) in [6, 6.07) is 0. The summed E-state index contributed by atoms with van der Waals surface area (Å²) < 4.78 is 4.82. The van der Waals surface area contributed by atoms with E-state index in [1.165, 1.54) is 0 Å². The number of ether oxygens (including phenoxy) is 1. The summed E-state index contributed by atoms with van der Waals surface area (Å²) in [5.74, 6) is -1.68. The first-order valence-corrected chi connectivity index (χ1v) is 4.56. The molecule has 0 bridgehead atoms. The molecule has 7 heteroatoms. The average molecular weight is 221 g/mol. The van der Waals surface area contributed by atoms with Crippen molar-refractivity contribution in [2.24, 2.45) is 11.7 Å². The van der Waals surface area contributed by atoms with E-state index in [2.05, 4.69) is 0 Å². The monoisotopic (exact) mass is 221 g/mol. The van der Waals surface area contributed by atoms with Gasteiger partial charge < -0.3 is 30.9 Å². The third-order valence-corrected chi connectivity index (χ3v) is 2.47. The smallest absolute Gasteiger partial charge is 0.217 e. The molecule has 1 rings (SSSR count). The van der Waals surface area contributed by atoms with Gasteiger partial charge in [0.25, 0.3) is 0 Å². The highest BCUT2D eigenvalue weighted by molar-refractivity contribution is 5.74. The Labute approximate surface area is 86.1 Å². The number of aliphatic hydroxyl groups is 4. The van der Waals surface area contributed by atoms with Crippen molar-refractivity contribution in [3.63, 3.8) is 0 Å². The fraction of sp³-hybridized carbons (Fsp3) is 0.875. The highest BCUT2D eigenvalue weighted by Crippen LogP contribution is 2.26. The quantitative estimate of drug-likeness (QED) is 0.343. The third kappa shape index (κ3) is 2.64. The number of primary amides is 1. The van der Waals surface area contributed by atoms with E-state index in [4.69, 9.17) is 15.6 Å². The van der Waals surface area contributed by atoms with Gasteiger partial charge in [0.05, 0.1) is 12.7 Å². The lowest BCUT2D eigenvalue weighted by Crippen LogP contribution is -2.56. The maximum Gasteiger partial charge on any atom is 0.217 e. The summed E-state index contributed by atoms with van der Waals surface area (Å²) >= 11 is 0. The molecule has 7 nitrogen and oxygen atoms in total. The van der Waals surface area contributed by atoms with E-state index in [0.29, 0.717) is 0 Å². The minimum atomic E-state index is -1.42. The molecule has 0 saturated carbocycles. The fourth-order valence-corrected chi connectivity index (χ4v) is 1.61. The van der Waals surface area contributed by atoms with Crippen LogP contribution in [0.3, 0.4) is 0 Å². The summed E-state index contributed by atoms with van der Waals surface area (Å²) in [5.41, 5.74) is 4.91. The Morgan fingerprint density at radius 1 is 1.27 bits per heavy atom. The molecular weight excluding hydrogens is 206 g/mol. The molecule has 5 atom stereocenters. The van der Waals surface area contributed by atoms with E-state index in [1.54, 1.807) is 0 Å². The van der Waals surface area contributed by atoms with Crippen LogP contribution in [0.4, 0.5) is 0 Å². The Kier molecular flexibility index (Phi) is 4.00. The van der Waals surface area contributed by atoms with Crippen LogP contribution < -0.4 is 5.73 Å². The lowest BCUT2D eigenvalue weighted by Gasteiger charge is -2.39. The SMILES string of the molecule is NC(=O)CC1C(O)OC(CO)C(O)C1O. The van der Waals surface area contributed by atoms with E-state index < -0.39 is 43.0 Å². The second-order valence-electron chi connectivity index (χ2n) is 3.56. The molecule has 1 aliphatic heterocycles. The maximum absolute atomic E-state index is 10.6. The number of carbonyl (C=O) groups is 1. The van der Waals surface area contributed by atoms with Gasteiger partial charge in [0.2, 0.25) is 5.91 Å². The van der Waals surface area contributed by atoms with Crippen molar-refractivity contribution in [1.82, 2.24) is 0 Å². The van der Waals surface area contributed by atoms with E-state index in [1.807, 2.05) is 0 Å². The predicted molar refractivity (Wildman–Crippen MR) is 47.3 cm³/mol. The number of nitrogens with two attached hydrogens (primary N) is 1. The normalized spacial score (nSPS) is 41.5. The fourth-order valence-electron chi connectivity index (χ4n) is 1.61.